The van der Waals surface area contributed by atoms with Crippen molar-refractivity contribution in [1.29, 1.82) is 0 Å². The van der Waals surface area contributed by atoms with Gasteiger partial charge in [-0.25, -0.2) is 0 Å². The quantitative estimate of drug-likeness (QED) is 0.273. The Kier molecular flexibility index (Phi) is 9.47. The highest BCUT2D eigenvalue weighted by molar-refractivity contribution is 5.85. The van der Waals surface area contributed by atoms with Gasteiger partial charge >= 0.3 is 0 Å². The summed E-state index contributed by atoms with van der Waals surface area (Å²) in [6, 6.07) is 0. The Balaban J connectivity index is 0. The maximum atomic E-state index is 5.03. The van der Waals surface area contributed by atoms with Gasteiger partial charge in [0.1, 0.15) is 0 Å². The summed E-state index contributed by atoms with van der Waals surface area (Å²) < 4.78 is 0. The van der Waals surface area contributed by atoms with Crippen LogP contribution in [-0.4, -0.2) is 26.1 Å². The second kappa shape index (κ2) is 7.52. The van der Waals surface area contributed by atoms with Crippen molar-refractivity contribution >= 4 is 18.4 Å². The fraction of sp³-hybridized carbons (Fsp3) is 0.750. The topological polar surface area (TPSA) is 76.4 Å². The number of hydrogen-bond donors (Lipinski definition) is 3. The third-order valence-electron chi connectivity index (χ3n) is 0.656. The Morgan fingerprint density at radius 3 is 2.44 bits per heavy atom. The molecule has 0 aromatic heterocycles. The first-order valence-corrected chi connectivity index (χ1v) is 2.47. The smallest absolute Gasteiger partial charge is 0.185 e. The van der Waals surface area contributed by atoms with Crippen molar-refractivity contribution < 1.29 is 0 Å². The first-order valence-electron chi connectivity index (χ1n) is 2.47. The van der Waals surface area contributed by atoms with Crippen LogP contribution in [0.5, 0.6) is 0 Å². The molecule has 0 rings (SSSR count). The summed E-state index contributed by atoms with van der Waals surface area (Å²) >= 11 is 0. The number of aliphatic imine (C=N–C) groups is 1. The summed E-state index contributed by atoms with van der Waals surface area (Å²) in [5.74, 6) is 0.153. The van der Waals surface area contributed by atoms with E-state index in [2.05, 4.69) is 10.3 Å². The normalized spacial score (nSPS) is 7.67. The lowest BCUT2D eigenvalue weighted by molar-refractivity contribution is 0.801. The van der Waals surface area contributed by atoms with Gasteiger partial charge in [-0.05, 0) is 7.05 Å². The molecule has 0 amide bonds. The summed E-state index contributed by atoms with van der Waals surface area (Å²) in [5.41, 5.74) is 10.1. The van der Waals surface area contributed by atoms with Gasteiger partial charge in [-0.2, -0.15) is 0 Å². The standard InChI is InChI=1S/C4H12N4.ClH/c1-7-2-3-8-4(5)6;/h7H,2-3H2,1H3,(H4,5,6,8);1H. The number of nitrogens with two attached hydrogens (primary N) is 2. The SMILES string of the molecule is CNCCN=C(N)N.Cl. The van der Waals surface area contributed by atoms with E-state index in [-0.39, 0.29) is 18.4 Å². The highest BCUT2D eigenvalue weighted by Gasteiger charge is 1.77. The Morgan fingerprint density at radius 1 is 1.56 bits per heavy atom. The average molecular weight is 153 g/mol. The molecule has 4 nitrogen and oxygen atoms in total. The van der Waals surface area contributed by atoms with Crippen LogP contribution in [0, 0.1) is 0 Å². The van der Waals surface area contributed by atoms with Crippen LogP contribution in [0.1, 0.15) is 0 Å². The van der Waals surface area contributed by atoms with Crippen LogP contribution < -0.4 is 16.8 Å². The zero-order valence-corrected chi connectivity index (χ0v) is 6.24. The monoisotopic (exact) mass is 152 g/mol. The molecule has 0 aromatic carbocycles. The average Bonchev–Trinajstić information content (AvgIpc) is 1.66. The molecule has 0 fully saturated rings. The van der Waals surface area contributed by atoms with E-state index in [0.717, 1.165) is 6.54 Å². The maximum Gasteiger partial charge on any atom is 0.185 e. The van der Waals surface area contributed by atoms with Gasteiger partial charge in [-0.3, -0.25) is 4.99 Å². The van der Waals surface area contributed by atoms with Crippen LogP contribution in [0.2, 0.25) is 0 Å². The van der Waals surface area contributed by atoms with Crippen molar-refractivity contribution in [2.24, 2.45) is 16.5 Å². The first kappa shape index (κ1) is 11.3. The van der Waals surface area contributed by atoms with E-state index in [4.69, 9.17) is 11.5 Å². The van der Waals surface area contributed by atoms with E-state index in [1.165, 1.54) is 0 Å². The number of guanidine groups is 1. The molecule has 0 unspecified atom stereocenters. The predicted molar refractivity (Wildman–Crippen MR) is 41.9 cm³/mol. The Morgan fingerprint density at radius 2 is 2.11 bits per heavy atom. The minimum Gasteiger partial charge on any atom is -0.370 e. The molecule has 5 N–H and O–H groups in total. The van der Waals surface area contributed by atoms with Gasteiger partial charge in [0, 0.05) is 6.54 Å². The molecule has 0 saturated heterocycles. The Hall–Kier alpha value is -0.480. The molecular formula is C4H13ClN4. The maximum absolute atomic E-state index is 5.03. The van der Waals surface area contributed by atoms with Gasteiger partial charge in [0.25, 0.3) is 0 Å². The minimum atomic E-state index is 0. The van der Waals surface area contributed by atoms with E-state index in [1.807, 2.05) is 7.05 Å². The molecule has 9 heavy (non-hydrogen) atoms. The molecule has 5 heteroatoms. The predicted octanol–water partition coefficient (Wildman–Crippen LogP) is -1.10. The molecule has 0 saturated carbocycles. The lowest BCUT2D eigenvalue weighted by atomic mass is 10.6. The van der Waals surface area contributed by atoms with Crippen LogP contribution in [-0.2, 0) is 0 Å². The zero-order chi connectivity index (χ0) is 6.41. The molecule has 0 aliphatic heterocycles. The molecule has 56 valence electrons. The molecule has 0 radical (unpaired) electrons. The second-order valence-electron chi connectivity index (χ2n) is 1.41. The summed E-state index contributed by atoms with van der Waals surface area (Å²) in [4.78, 5) is 3.72. The van der Waals surface area contributed by atoms with Crippen LogP contribution in [0.25, 0.3) is 0 Å². The van der Waals surface area contributed by atoms with E-state index in [1.54, 1.807) is 0 Å². The largest absolute Gasteiger partial charge is 0.370 e. The number of nitrogens with one attached hydrogen (secondary N) is 1. The van der Waals surface area contributed by atoms with Gasteiger partial charge in [0.15, 0.2) is 5.96 Å². The highest BCUT2D eigenvalue weighted by atomic mass is 35.5. The zero-order valence-electron chi connectivity index (χ0n) is 5.42. The summed E-state index contributed by atoms with van der Waals surface area (Å²) in [5, 5.41) is 2.90. The van der Waals surface area contributed by atoms with Gasteiger partial charge in [-0.15, -0.1) is 12.4 Å². The third kappa shape index (κ3) is 11.2. The molecule has 0 bridgehead atoms. The van der Waals surface area contributed by atoms with Crippen molar-refractivity contribution in [2.45, 2.75) is 0 Å². The van der Waals surface area contributed by atoms with Crippen molar-refractivity contribution in [3.8, 4) is 0 Å². The van der Waals surface area contributed by atoms with Crippen molar-refractivity contribution in [2.75, 3.05) is 20.1 Å². The number of halogens is 1. The summed E-state index contributed by atoms with van der Waals surface area (Å²) in [6.45, 7) is 1.47. The van der Waals surface area contributed by atoms with E-state index >= 15 is 0 Å². The van der Waals surface area contributed by atoms with Crippen molar-refractivity contribution in [3.63, 3.8) is 0 Å². The number of likely N-dealkylation sites (N-methyl/N-ethyl adjacent to an activating group) is 1. The van der Waals surface area contributed by atoms with Gasteiger partial charge in [0.05, 0.1) is 6.54 Å². The summed E-state index contributed by atoms with van der Waals surface area (Å²) in [7, 11) is 1.85. The fourth-order valence-electron chi connectivity index (χ4n) is 0.297. The van der Waals surface area contributed by atoms with Gasteiger partial charge < -0.3 is 16.8 Å². The first-order chi connectivity index (χ1) is 3.77. The Labute approximate surface area is 61.1 Å². The molecule has 0 spiro atoms. The van der Waals surface area contributed by atoms with Crippen LogP contribution in [0.15, 0.2) is 4.99 Å². The van der Waals surface area contributed by atoms with E-state index in [9.17, 15) is 0 Å². The van der Waals surface area contributed by atoms with Gasteiger partial charge in [-0.1, -0.05) is 0 Å². The van der Waals surface area contributed by atoms with Crippen molar-refractivity contribution in [1.82, 2.24) is 5.32 Å². The lowest BCUT2D eigenvalue weighted by Crippen LogP contribution is -2.24. The van der Waals surface area contributed by atoms with E-state index in [0.29, 0.717) is 6.54 Å². The molecule has 0 aliphatic rings. The number of hydrogen-bond acceptors (Lipinski definition) is 2. The van der Waals surface area contributed by atoms with Crippen LogP contribution in [0.3, 0.4) is 0 Å². The number of nitrogens with zero attached hydrogens (tertiary/aromatic N) is 1. The fourth-order valence-corrected chi connectivity index (χ4v) is 0.297. The summed E-state index contributed by atoms with van der Waals surface area (Å²) in [6.07, 6.45) is 0. The molecule has 0 heterocycles. The van der Waals surface area contributed by atoms with Gasteiger partial charge in [0.2, 0.25) is 0 Å². The second-order valence-corrected chi connectivity index (χ2v) is 1.41. The van der Waals surface area contributed by atoms with Crippen LogP contribution in [0.4, 0.5) is 0 Å². The molecule has 0 aromatic rings. The highest BCUT2D eigenvalue weighted by Crippen LogP contribution is 1.61. The van der Waals surface area contributed by atoms with Crippen LogP contribution >= 0.6 is 12.4 Å². The third-order valence-corrected chi connectivity index (χ3v) is 0.656. The molecule has 0 aliphatic carbocycles. The van der Waals surface area contributed by atoms with E-state index < -0.39 is 0 Å². The minimum absolute atomic E-state index is 0. The lowest BCUT2D eigenvalue weighted by Gasteiger charge is -1.91. The Bertz CT molecular complexity index is 78.6. The molecular weight excluding hydrogens is 140 g/mol. The van der Waals surface area contributed by atoms with Crippen molar-refractivity contribution in [3.05, 3.63) is 0 Å². The molecule has 0 atom stereocenters. The number of rotatable bonds is 3.